The van der Waals surface area contributed by atoms with Gasteiger partial charge in [0.15, 0.2) is 5.65 Å². The van der Waals surface area contributed by atoms with Crippen LogP contribution in [-0.4, -0.2) is 14.6 Å². The Balaban J connectivity index is 2.87. The first-order valence-electron chi connectivity index (χ1n) is 3.34. The van der Waals surface area contributed by atoms with Gasteiger partial charge >= 0.3 is 0 Å². The Morgan fingerprint density at radius 1 is 1.58 bits per heavy atom. The van der Waals surface area contributed by atoms with Crippen LogP contribution in [0.25, 0.3) is 5.65 Å². The summed E-state index contributed by atoms with van der Waals surface area (Å²) in [7, 11) is 0. The molecule has 0 spiro atoms. The molecule has 0 aliphatic carbocycles. The smallest absolute Gasteiger partial charge is 0.170 e. The Labute approximate surface area is 82.5 Å². The highest BCUT2D eigenvalue weighted by Gasteiger charge is 2.04. The molecule has 0 radical (unpaired) electrons. The topological polar surface area (TPSA) is 30.2 Å². The molecule has 0 bridgehead atoms. The fraction of sp³-hybridized carbons (Fsp3) is 0.143. The Bertz CT molecular complexity index is 437. The van der Waals surface area contributed by atoms with Crippen molar-refractivity contribution < 1.29 is 0 Å². The van der Waals surface area contributed by atoms with Crippen molar-refractivity contribution in [1.29, 1.82) is 0 Å². The third kappa shape index (κ3) is 1.11. The van der Waals surface area contributed by atoms with Crippen LogP contribution >= 0.6 is 27.5 Å². The molecule has 62 valence electrons. The fourth-order valence-electron chi connectivity index (χ4n) is 0.952. The van der Waals surface area contributed by atoms with E-state index in [2.05, 4.69) is 26.0 Å². The molecule has 0 amide bonds. The molecule has 0 atom stereocenters. The van der Waals surface area contributed by atoms with Gasteiger partial charge in [-0.3, -0.25) is 0 Å². The number of halogens is 2. The minimum atomic E-state index is 0.517. The van der Waals surface area contributed by atoms with E-state index in [9.17, 15) is 0 Å². The maximum atomic E-state index is 5.84. The summed E-state index contributed by atoms with van der Waals surface area (Å²) in [6, 6.07) is 0. The molecule has 0 saturated heterocycles. The molecule has 2 rings (SSSR count). The molecule has 5 heteroatoms. The van der Waals surface area contributed by atoms with Gasteiger partial charge in [-0.25, -0.2) is 9.50 Å². The number of fused-ring (bicyclic) bond motifs is 1. The number of aromatic nitrogens is 3. The maximum absolute atomic E-state index is 5.84. The van der Waals surface area contributed by atoms with Crippen LogP contribution in [0, 0.1) is 6.92 Å². The van der Waals surface area contributed by atoms with Crippen LogP contribution < -0.4 is 0 Å². The van der Waals surface area contributed by atoms with Crippen molar-refractivity contribution in [3.05, 3.63) is 27.6 Å². The molecular weight excluding hydrogens is 241 g/mol. The molecule has 0 aliphatic heterocycles. The van der Waals surface area contributed by atoms with Gasteiger partial charge in [0.1, 0.15) is 5.15 Å². The van der Waals surface area contributed by atoms with Gasteiger partial charge < -0.3 is 0 Å². The summed E-state index contributed by atoms with van der Waals surface area (Å²) in [5.41, 5.74) is 1.66. The van der Waals surface area contributed by atoms with E-state index < -0.39 is 0 Å². The summed E-state index contributed by atoms with van der Waals surface area (Å²) in [4.78, 5) is 4.15. The molecule has 0 aliphatic rings. The summed E-state index contributed by atoms with van der Waals surface area (Å²) in [6.45, 7) is 1.89. The molecule has 0 saturated carbocycles. The van der Waals surface area contributed by atoms with Crippen molar-refractivity contribution in [2.45, 2.75) is 6.92 Å². The van der Waals surface area contributed by atoms with E-state index in [4.69, 9.17) is 11.6 Å². The highest BCUT2D eigenvalue weighted by Crippen LogP contribution is 2.19. The van der Waals surface area contributed by atoms with Crippen LogP contribution in [0.3, 0.4) is 0 Å². The summed E-state index contributed by atoms with van der Waals surface area (Å²) >= 11 is 9.16. The van der Waals surface area contributed by atoms with Crippen LogP contribution in [0.15, 0.2) is 16.9 Å². The van der Waals surface area contributed by atoms with Gasteiger partial charge in [-0.15, -0.1) is 0 Å². The largest absolute Gasteiger partial charge is 0.221 e. The molecule has 12 heavy (non-hydrogen) atoms. The zero-order chi connectivity index (χ0) is 8.72. The molecular formula is C7H5BrClN3. The molecule has 2 aromatic rings. The normalized spacial score (nSPS) is 10.9. The van der Waals surface area contributed by atoms with Crippen LogP contribution in [0.1, 0.15) is 5.56 Å². The van der Waals surface area contributed by atoms with Crippen molar-refractivity contribution in [3.8, 4) is 0 Å². The van der Waals surface area contributed by atoms with E-state index in [-0.39, 0.29) is 0 Å². The van der Waals surface area contributed by atoms with Crippen molar-refractivity contribution in [2.75, 3.05) is 0 Å². The molecule has 0 aromatic carbocycles. The SMILES string of the molecule is Cc1cn2ncc(Br)c2nc1Cl. The van der Waals surface area contributed by atoms with Gasteiger partial charge in [-0.05, 0) is 22.9 Å². The average molecular weight is 246 g/mol. The van der Waals surface area contributed by atoms with Gasteiger partial charge in [-0.2, -0.15) is 5.10 Å². The number of nitrogens with zero attached hydrogens (tertiary/aromatic N) is 3. The quantitative estimate of drug-likeness (QED) is 0.669. The third-order valence-corrected chi connectivity index (χ3v) is 2.51. The zero-order valence-electron chi connectivity index (χ0n) is 6.25. The second-order valence-corrected chi connectivity index (χ2v) is 3.69. The predicted molar refractivity (Wildman–Crippen MR) is 50.4 cm³/mol. The average Bonchev–Trinajstić information content (AvgIpc) is 2.35. The first kappa shape index (κ1) is 8.01. The van der Waals surface area contributed by atoms with Gasteiger partial charge in [-0.1, -0.05) is 11.6 Å². The van der Waals surface area contributed by atoms with E-state index in [1.165, 1.54) is 0 Å². The van der Waals surface area contributed by atoms with Gasteiger partial charge in [0.2, 0.25) is 0 Å². The van der Waals surface area contributed by atoms with Gasteiger partial charge in [0.25, 0.3) is 0 Å². The fourth-order valence-corrected chi connectivity index (χ4v) is 1.44. The van der Waals surface area contributed by atoms with Crippen molar-refractivity contribution in [2.24, 2.45) is 0 Å². The Morgan fingerprint density at radius 2 is 2.33 bits per heavy atom. The summed E-state index contributed by atoms with van der Waals surface area (Å²) in [5.74, 6) is 0. The van der Waals surface area contributed by atoms with E-state index in [1.54, 1.807) is 10.7 Å². The van der Waals surface area contributed by atoms with E-state index in [1.807, 2.05) is 13.1 Å². The lowest BCUT2D eigenvalue weighted by molar-refractivity contribution is 0.928. The highest BCUT2D eigenvalue weighted by molar-refractivity contribution is 9.10. The third-order valence-electron chi connectivity index (χ3n) is 1.57. The number of hydrogen-bond acceptors (Lipinski definition) is 2. The predicted octanol–water partition coefficient (Wildman–Crippen LogP) is 2.45. The van der Waals surface area contributed by atoms with Crippen LogP contribution in [0.5, 0.6) is 0 Å². The molecule has 0 unspecified atom stereocenters. The maximum Gasteiger partial charge on any atom is 0.170 e. The zero-order valence-corrected chi connectivity index (χ0v) is 8.59. The lowest BCUT2D eigenvalue weighted by Gasteiger charge is -1.97. The van der Waals surface area contributed by atoms with E-state index in [0.717, 1.165) is 15.7 Å². The van der Waals surface area contributed by atoms with Crippen molar-refractivity contribution in [1.82, 2.24) is 14.6 Å². The summed E-state index contributed by atoms with van der Waals surface area (Å²) in [6.07, 6.45) is 3.54. The first-order valence-corrected chi connectivity index (χ1v) is 4.51. The molecule has 2 heterocycles. The first-order chi connectivity index (χ1) is 5.68. The summed E-state index contributed by atoms with van der Waals surface area (Å²) in [5, 5.41) is 4.59. The Kier molecular flexibility index (Phi) is 1.81. The molecule has 0 N–H and O–H groups in total. The monoisotopic (exact) mass is 245 g/mol. The summed E-state index contributed by atoms with van der Waals surface area (Å²) < 4.78 is 2.54. The lowest BCUT2D eigenvalue weighted by Crippen LogP contribution is -1.92. The minimum Gasteiger partial charge on any atom is -0.221 e. The van der Waals surface area contributed by atoms with Gasteiger partial charge in [0.05, 0.1) is 10.7 Å². The molecule has 3 nitrogen and oxygen atoms in total. The van der Waals surface area contributed by atoms with Crippen molar-refractivity contribution >= 4 is 33.2 Å². The Hall–Kier alpha value is -0.610. The number of rotatable bonds is 0. The minimum absolute atomic E-state index is 0.517. The molecule has 0 fully saturated rings. The van der Waals surface area contributed by atoms with Crippen LogP contribution in [0.2, 0.25) is 5.15 Å². The van der Waals surface area contributed by atoms with Gasteiger partial charge in [0, 0.05) is 11.8 Å². The van der Waals surface area contributed by atoms with Crippen LogP contribution in [-0.2, 0) is 0 Å². The van der Waals surface area contributed by atoms with E-state index >= 15 is 0 Å². The van der Waals surface area contributed by atoms with Crippen molar-refractivity contribution in [3.63, 3.8) is 0 Å². The molecule has 2 aromatic heterocycles. The second-order valence-electron chi connectivity index (χ2n) is 2.48. The highest BCUT2D eigenvalue weighted by atomic mass is 79.9. The van der Waals surface area contributed by atoms with Crippen LogP contribution in [0.4, 0.5) is 0 Å². The number of aryl methyl sites for hydroxylation is 1. The van der Waals surface area contributed by atoms with E-state index in [0.29, 0.717) is 5.15 Å². The second kappa shape index (κ2) is 2.71. The number of hydrogen-bond donors (Lipinski definition) is 0. The Morgan fingerprint density at radius 3 is 3.08 bits per heavy atom. The standard InChI is InChI=1S/C7H5BrClN3/c1-4-3-12-7(11-6(4)9)5(8)2-10-12/h2-3H,1H3. The lowest BCUT2D eigenvalue weighted by atomic mass is 10.4.